The maximum Gasteiger partial charge on any atom is 0.107 e. The van der Waals surface area contributed by atoms with E-state index in [4.69, 9.17) is 4.98 Å². The van der Waals surface area contributed by atoms with Crippen LogP contribution in [0.2, 0.25) is 0 Å². The van der Waals surface area contributed by atoms with Crippen molar-refractivity contribution in [3.8, 4) is 0 Å². The summed E-state index contributed by atoms with van der Waals surface area (Å²) in [5.74, 6) is 0.896. The first kappa shape index (κ1) is 13.5. The van der Waals surface area contributed by atoms with E-state index in [0.29, 0.717) is 5.54 Å². The van der Waals surface area contributed by atoms with Crippen LogP contribution in [0, 0.1) is 19.8 Å². The molecule has 1 unspecified atom stereocenters. The van der Waals surface area contributed by atoms with Crippen molar-refractivity contribution in [3.05, 3.63) is 15.6 Å². The van der Waals surface area contributed by atoms with Crippen molar-refractivity contribution in [2.24, 2.45) is 5.92 Å². The number of thiazole rings is 1. The lowest BCUT2D eigenvalue weighted by Crippen LogP contribution is -2.50. The van der Waals surface area contributed by atoms with Crippen LogP contribution in [0.25, 0.3) is 0 Å². The first-order valence-corrected chi connectivity index (χ1v) is 8.29. The highest BCUT2D eigenvalue weighted by Crippen LogP contribution is 2.40. The molecular formula is C15H25N3S. The Hall–Kier alpha value is -0.450. The number of nitrogens with one attached hydrogen (secondary N) is 1. The summed E-state index contributed by atoms with van der Waals surface area (Å²) in [5, 5.41) is 5.08. The average molecular weight is 279 g/mol. The van der Waals surface area contributed by atoms with Crippen LogP contribution in [-0.2, 0) is 6.54 Å². The van der Waals surface area contributed by atoms with Gasteiger partial charge in [0.2, 0.25) is 0 Å². The summed E-state index contributed by atoms with van der Waals surface area (Å²) >= 11 is 1.87. The molecular weight excluding hydrogens is 254 g/mol. The van der Waals surface area contributed by atoms with E-state index in [1.54, 1.807) is 0 Å². The Bertz CT molecular complexity index is 433. The molecule has 0 aromatic carbocycles. The van der Waals surface area contributed by atoms with Crippen molar-refractivity contribution >= 4 is 11.3 Å². The van der Waals surface area contributed by atoms with Crippen molar-refractivity contribution in [2.45, 2.75) is 52.1 Å². The second-order valence-corrected chi connectivity index (χ2v) is 7.72. The highest BCUT2D eigenvalue weighted by atomic mass is 32.1. The highest BCUT2D eigenvalue weighted by Gasteiger charge is 2.42. The predicted molar refractivity (Wildman–Crippen MR) is 80.6 cm³/mol. The lowest BCUT2D eigenvalue weighted by atomic mass is 9.95. The Kier molecular flexibility index (Phi) is 3.67. The minimum absolute atomic E-state index is 0.331. The van der Waals surface area contributed by atoms with Gasteiger partial charge in [0.1, 0.15) is 5.01 Å². The van der Waals surface area contributed by atoms with Gasteiger partial charge in [-0.15, -0.1) is 11.3 Å². The van der Waals surface area contributed by atoms with E-state index in [2.05, 4.69) is 31.0 Å². The summed E-state index contributed by atoms with van der Waals surface area (Å²) in [6, 6.07) is 0. The van der Waals surface area contributed by atoms with Gasteiger partial charge in [0, 0.05) is 17.0 Å². The standard InChI is InChI=1S/C15H25N3S/c1-11-12(2)19-14(17-11)9-18-8-4-7-16-15(3,10-18)13-5-6-13/h13,16H,4-10H2,1-3H3. The molecule has 2 aliphatic rings. The van der Waals surface area contributed by atoms with Crippen LogP contribution >= 0.6 is 11.3 Å². The van der Waals surface area contributed by atoms with Crippen molar-refractivity contribution in [2.75, 3.05) is 19.6 Å². The molecule has 1 atom stereocenters. The van der Waals surface area contributed by atoms with Gasteiger partial charge in [0.25, 0.3) is 0 Å². The van der Waals surface area contributed by atoms with E-state index in [1.165, 1.54) is 54.5 Å². The number of aryl methyl sites for hydroxylation is 2. The molecule has 1 saturated carbocycles. The highest BCUT2D eigenvalue weighted by molar-refractivity contribution is 7.11. The first-order valence-electron chi connectivity index (χ1n) is 7.47. The lowest BCUT2D eigenvalue weighted by Gasteiger charge is -2.33. The topological polar surface area (TPSA) is 28.2 Å². The molecule has 2 fully saturated rings. The smallest absolute Gasteiger partial charge is 0.107 e. The molecule has 0 radical (unpaired) electrons. The lowest BCUT2D eigenvalue weighted by molar-refractivity contribution is 0.195. The summed E-state index contributed by atoms with van der Waals surface area (Å²) in [7, 11) is 0. The van der Waals surface area contributed by atoms with Crippen molar-refractivity contribution in [3.63, 3.8) is 0 Å². The van der Waals surface area contributed by atoms with Crippen molar-refractivity contribution in [1.29, 1.82) is 0 Å². The third-order valence-corrected chi connectivity index (χ3v) is 5.70. The SMILES string of the molecule is Cc1nc(CN2CCCNC(C)(C3CC3)C2)sc1C. The summed E-state index contributed by atoms with van der Waals surface area (Å²) in [4.78, 5) is 8.68. The molecule has 0 bridgehead atoms. The number of nitrogens with zero attached hydrogens (tertiary/aromatic N) is 2. The molecule has 0 spiro atoms. The molecule has 0 amide bonds. The molecule has 3 rings (SSSR count). The molecule has 1 saturated heterocycles. The van der Waals surface area contributed by atoms with E-state index in [9.17, 15) is 0 Å². The zero-order valence-corrected chi connectivity index (χ0v) is 13.1. The van der Waals surface area contributed by atoms with Crippen LogP contribution in [0.1, 0.15) is 41.8 Å². The number of hydrogen-bond donors (Lipinski definition) is 1. The van der Waals surface area contributed by atoms with E-state index >= 15 is 0 Å². The van der Waals surface area contributed by atoms with E-state index in [0.717, 1.165) is 12.5 Å². The van der Waals surface area contributed by atoms with Gasteiger partial charge in [-0.3, -0.25) is 4.90 Å². The average Bonchev–Trinajstić information content (AvgIpc) is 3.14. The zero-order valence-electron chi connectivity index (χ0n) is 12.3. The van der Waals surface area contributed by atoms with Gasteiger partial charge in [-0.05, 0) is 59.0 Å². The fraction of sp³-hybridized carbons (Fsp3) is 0.800. The first-order chi connectivity index (χ1) is 9.07. The zero-order chi connectivity index (χ0) is 13.5. The Balaban J connectivity index is 1.69. The second-order valence-electron chi connectivity index (χ2n) is 6.43. The normalized spacial score (nSPS) is 29.4. The summed E-state index contributed by atoms with van der Waals surface area (Å²) in [6.07, 6.45) is 4.07. The third-order valence-electron chi connectivity index (χ3n) is 4.64. The van der Waals surface area contributed by atoms with E-state index < -0.39 is 0 Å². The molecule has 4 heteroatoms. The Labute approximate surface area is 120 Å². The Morgan fingerprint density at radius 1 is 1.42 bits per heavy atom. The third kappa shape index (κ3) is 3.01. The number of aromatic nitrogens is 1. The molecule has 1 aliphatic carbocycles. The van der Waals surface area contributed by atoms with Crippen molar-refractivity contribution < 1.29 is 0 Å². The molecule has 1 N–H and O–H groups in total. The van der Waals surface area contributed by atoms with Gasteiger partial charge in [-0.25, -0.2) is 4.98 Å². The Morgan fingerprint density at radius 2 is 2.21 bits per heavy atom. The summed E-state index contributed by atoms with van der Waals surface area (Å²) < 4.78 is 0. The second kappa shape index (κ2) is 5.15. The Morgan fingerprint density at radius 3 is 2.84 bits per heavy atom. The maximum absolute atomic E-state index is 4.70. The van der Waals surface area contributed by atoms with Crippen LogP contribution in [0.5, 0.6) is 0 Å². The van der Waals surface area contributed by atoms with E-state index in [1.807, 2.05) is 11.3 Å². The monoisotopic (exact) mass is 279 g/mol. The van der Waals surface area contributed by atoms with Crippen LogP contribution < -0.4 is 5.32 Å². The summed E-state index contributed by atoms with van der Waals surface area (Å²) in [5.41, 5.74) is 1.54. The van der Waals surface area contributed by atoms with Gasteiger partial charge in [-0.2, -0.15) is 0 Å². The quantitative estimate of drug-likeness (QED) is 0.922. The maximum atomic E-state index is 4.70. The molecule has 1 aliphatic heterocycles. The largest absolute Gasteiger partial charge is 0.310 e. The molecule has 106 valence electrons. The fourth-order valence-corrected chi connectivity index (χ4v) is 4.18. The van der Waals surface area contributed by atoms with Gasteiger partial charge in [-0.1, -0.05) is 0 Å². The fourth-order valence-electron chi connectivity index (χ4n) is 3.20. The van der Waals surface area contributed by atoms with Crippen LogP contribution in [-0.4, -0.2) is 35.1 Å². The van der Waals surface area contributed by atoms with Crippen LogP contribution in [0.3, 0.4) is 0 Å². The molecule has 1 aromatic rings. The predicted octanol–water partition coefficient (Wildman–Crippen LogP) is 2.72. The van der Waals surface area contributed by atoms with Gasteiger partial charge in [0.05, 0.1) is 12.2 Å². The van der Waals surface area contributed by atoms with Gasteiger partial charge < -0.3 is 5.32 Å². The van der Waals surface area contributed by atoms with Gasteiger partial charge >= 0.3 is 0 Å². The number of hydrogen-bond acceptors (Lipinski definition) is 4. The molecule has 2 heterocycles. The summed E-state index contributed by atoms with van der Waals surface area (Å²) in [6.45, 7) is 11.3. The molecule has 19 heavy (non-hydrogen) atoms. The van der Waals surface area contributed by atoms with Crippen LogP contribution in [0.15, 0.2) is 0 Å². The van der Waals surface area contributed by atoms with Gasteiger partial charge in [0.15, 0.2) is 0 Å². The van der Waals surface area contributed by atoms with Crippen LogP contribution in [0.4, 0.5) is 0 Å². The van der Waals surface area contributed by atoms with E-state index in [-0.39, 0.29) is 0 Å². The van der Waals surface area contributed by atoms with Crippen molar-refractivity contribution in [1.82, 2.24) is 15.2 Å². The molecule has 1 aromatic heterocycles. The number of rotatable bonds is 3. The minimum atomic E-state index is 0.331. The molecule has 3 nitrogen and oxygen atoms in total. The minimum Gasteiger partial charge on any atom is -0.310 e.